The molecule has 4 rings (SSSR count). The lowest BCUT2D eigenvalue weighted by Gasteiger charge is -2.18. The van der Waals surface area contributed by atoms with Crippen molar-refractivity contribution in [2.75, 3.05) is 13.2 Å². The van der Waals surface area contributed by atoms with Crippen molar-refractivity contribution in [1.29, 1.82) is 0 Å². The number of thioether (sulfide) groups is 1. The van der Waals surface area contributed by atoms with E-state index in [-0.39, 0.29) is 11.5 Å². The lowest BCUT2D eigenvalue weighted by atomic mass is 10.1. The van der Waals surface area contributed by atoms with Gasteiger partial charge in [0.15, 0.2) is 5.16 Å². The molecular formula is C26H26N4O4S. The zero-order chi connectivity index (χ0) is 24.6. The highest BCUT2D eigenvalue weighted by Gasteiger charge is 2.26. The number of hydrogen-bond acceptors (Lipinski definition) is 7. The molecule has 3 aromatic carbocycles. The lowest BCUT2D eigenvalue weighted by Crippen LogP contribution is -2.12. The number of nitrogens with zero attached hydrogens (tertiary/aromatic N) is 4. The fourth-order valence-corrected chi connectivity index (χ4v) is 4.85. The molecular weight excluding hydrogens is 464 g/mol. The van der Waals surface area contributed by atoms with Gasteiger partial charge >= 0.3 is 0 Å². The maximum absolute atomic E-state index is 11.6. The molecule has 0 spiro atoms. The van der Waals surface area contributed by atoms with Crippen molar-refractivity contribution in [2.45, 2.75) is 30.9 Å². The minimum atomic E-state index is -0.526. The second-order valence-corrected chi connectivity index (χ2v) is 8.90. The second-order valence-electron chi connectivity index (χ2n) is 7.73. The summed E-state index contributed by atoms with van der Waals surface area (Å²) in [6, 6.07) is 24.9. The van der Waals surface area contributed by atoms with Crippen molar-refractivity contribution in [3.8, 4) is 17.2 Å². The minimum absolute atomic E-state index is 0.286. The molecule has 1 heterocycles. The van der Waals surface area contributed by atoms with E-state index in [0.29, 0.717) is 29.9 Å². The average Bonchev–Trinajstić information content (AvgIpc) is 3.23. The van der Waals surface area contributed by atoms with E-state index in [1.165, 1.54) is 11.8 Å². The SMILES string of the molecule is CCOc1ccc(-n2c(C)nnc2S[C@H](C[N+](=O)[O-])c2ccccc2OCc2ccccc2)cc1. The average molecular weight is 491 g/mol. The van der Waals surface area contributed by atoms with Crippen LogP contribution >= 0.6 is 11.8 Å². The van der Waals surface area contributed by atoms with Crippen molar-refractivity contribution in [2.24, 2.45) is 0 Å². The Bertz CT molecular complexity index is 1260. The molecule has 0 radical (unpaired) electrons. The summed E-state index contributed by atoms with van der Waals surface area (Å²) in [5, 5.41) is 20.2. The summed E-state index contributed by atoms with van der Waals surface area (Å²) in [4.78, 5) is 11.3. The summed E-state index contributed by atoms with van der Waals surface area (Å²) in [6.07, 6.45) is 0. The molecule has 0 aliphatic heterocycles. The first-order valence-electron chi connectivity index (χ1n) is 11.2. The number of hydrogen-bond donors (Lipinski definition) is 0. The van der Waals surface area contributed by atoms with Gasteiger partial charge in [-0.25, -0.2) is 0 Å². The first-order valence-corrected chi connectivity index (χ1v) is 12.1. The molecule has 8 nitrogen and oxygen atoms in total. The molecule has 9 heteroatoms. The number of aryl methyl sites for hydroxylation is 1. The van der Waals surface area contributed by atoms with Crippen molar-refractivity contribution >= 4 is 11.8 Å². The maximum atomic E-state index is 11.6. The largest absolute Gasteiger partial charge is 0.494 e. The molecule has 35 heavy (non-hydrogen) atoms. The van der Waals surface area contributed by atoms with Crippen LogP contribution in [0, 0.1) is 17.0 Å². The Morgan fingerprint density at radius 1 is 0.971 bits per heavy atom. The Kier molecular flexibility index (Phi) is 7.99. The Morgan fingerprint density at radius 2 is 1.69 bits per heavy atom. The van der Waals surface area contributed by atoms with E-state index in [1.807, 2.05) is 97.3 Å². The van der Waals surface area contributed by atoms with E-state index in [0.717, 1.165) is 22.6 Å². The highest BCUT2D eigenvalue weighted by molar-refractivity contribution is 7.99. The monoisotopic (exact) mass is 490 g/mol. The summed E-state index contributed by atoms with van der Waals surface area (Å²) in [5.41, 5.74) is 2.61. The van der Waals surface area contributed by atoms with Gasteiger partial charge in [-0.05, 0) is 49.7 Å². The number of rotatable bonds is 11. The van der Waals surface area contributed by atoms with Gasteiger partial charge in [0.1, 0.15) is 29.2 Å². The molecule has 0 saturated heterocycles. The van der Waals surface area contributed by atoms with Crippen LogP contribution < -0.4 is 9.47 Å². The number of ether oxygens (including phenoxy) is 2. The number of para-hydroxylation sites is 1. The van der Waals surface area contributed by atoms with Crippen LogP contribution in [0.3, 0.4) is 0 Å². The van der Waals surface area contributed by atoms with Crippen LogP contribution in [0.1, 0.15) is 29.1 Å². The third-order valence-electron chi connectivity index (χ3n) is 5.27. The molecule has 180 valence electrons. The summed E-state index contributed by atoms with van der Waals surface area (Å²) < 4.78 is 13.5. The van der Waals surface area contributed by atoms with Crippen LogP contribution in [0.2, 0.25) is 0 Å². The predicted octanol–water partition coefficient (Wildman–Crippen LogP) is 5.66. The van der Waals surface area contributed by atoms with Crippen LogP contribution in [0.15, 0.2) is 84.0 Å². The Labute approximate surface area is 208 Å². The van der Waals surface area contributed by atoms with E-state index < -0.39 is 5.25 Å². The molecule has 0 N–H and O–H groups in total. The Morgan fingerprint density at radius 3 is 2.40 bits per heavy atom. The fraction of sp³-hybridized carbons (Fsp3) is 0.231. The Hall–Kier alpha value is -3.85. The minimum Gasteiger partial charge on any atom is -0.494 e. The first kappa shape index (κ1) is 24.3. The normalized spacial score (nSPS) is 11.7. The number of nitro groups is 1. The molecule has 4 aromatic rings. The van der Waals surface area contributed by atoms with E-state index >= 15 is 0 Å². The van der Waals surface area contributed by atoms with Crippen molar-refractivity contribution < 1.29 is 14.4 Å². The number of benzene rings is 3. The van der Waals surface area contributed by atoms with Crippen molar-refractivity contribution in [3.63, 3.8) is 0 Å². The van der Waals surface area contributed by atoms with Gasteiger partial charge in [0.05, 0.1) is 6.61 Å². The summed E-state index contributed by atoms with van der Waals surface area (Å²) >= 11 is 1.30. The molecule has 0 bridgehead atoms. The zero-order valence-electron chi connectivity index (χ0n) is 19.5. The molecule has 1 atom stereocenters. The fourth-order valence-electron chi connectivity index (χ4n) is 3.65. The summed E-state index contributed by atoms with van der Waals surface area (Å²) in [6.45, 7) is 4.46. The van der Waals surface area contributed by atoms with Gasteiger partial charge in [0.2, 0.25) is 6.54 Å². The molecule has 0 fully saturated rings. The molecule has 0 aliphatic rings. The number of aromatic nitrogens is 3. The van der Waals surface area contributed by atoms with Crippen LogP contribution in [-0.4, -0.2) is 32.8 Å². The second kappa shape index (κ2) is 11.5. The van der Waals surface area contributed by atoms with Crippen molar-refractivity contribution in [3.05, 3.63) is 106 Å². The molecule has 1 aromatic heterocycles. The molecule has 0 aliphatic carbocycles. The predicted molar refractivity (Wildman–Crippen MR) is 135 cm³/mol. The smallest absolute Gasteiger partial charge is 0.220 e. The van der Waals surface area contributed by atoms with Gasteiger partial charge in [-0.2, -0.15) is 0 Å². The zero-order valence-corrected chi connectivity index (χ0v) is 20.4. The quantitative estimate of drug-likeness (QED) is 0.152. The van der Waals surface area contributed by atoms with Gasteiger partial charge < -0.3 is 9.47 Å². The summed E-state index contributed by atoms with van der Waals surface area (Å²) in [7, 11) is 0. The van der Waals surface area contributed by atoms with Gasteiger partial charge in [-0.3, -0.25) is 14.7 Å². The van der Waals surface area contributed by atoms with Crippen LogP contribution in [0.25, 0.3) is 5.69 Å². The standard InChI is InChI=1S/C26H26N4O4S/c1-3-33-22-15-13-21(14-16-22)30-19(2)27-28-26(30)35-25(17-29(31)32)23-11-7-8-12-24(23)34-18-20-9-5-4-6-10-20/h4-16,25H,3,17-18H2,1-2H3/t25-/m1/s1. The molecule has 0 saturated carbocycles. The van der Waals surface area contributed by atoms with E-state index in [1.54, 1.807) is 0 Å². The van der Waals surface area contributed by atoms with Crippen LogP contribution in [-0.2, 0) is 6.61 Å². The van der Waals surface area contributed by atoms with Gasteiger partial charge in [-0.1, -0.05) is 60.3 Å². The van der Waals surface area contributed by atoms with Crippen LogP contribution in [0.5, 0.6) is 11.5 Å². The maximum Gasteiger partial charge on any atom is 0.220 e. The van der Waals surface area contributed by atoms with E-state index in [9.17, 15) is 10.1 Å². The molecule has 0 amide bonds. The highest BCUT2D eigenvalue weighted by atomic mass is 32.2. The Balaban J connectivity index is 1.62. The van der Waals surface area contributed by atoms with Gasteiger partial charge in [0.25, 0.3) is 0 Å². The van der Waals surface area contributed by atoms with Crippen molar-refractivity contribution in [1.82, 2.24) is 14.8 Å². The molecule has 0 unspecified atom stereocenters. The topological polar surface area (TPSA) is 92.3 Å². The summed E-state index contributed by atoms with van der Waals surface area (Å²) in [5.74, 6) is 2.07. The van der Waals surface area contributed by atoms with Crippen LogP contribution in [0.4, 0.5) is 0 Å². The third kappa shape index (κ3) is 6.19. The van der Waals surface area contributed by atoms with E-state index in [4.69, 9.17) is 9.47 Å². The lowest BCUT2D eigenvalue weighted by molar-refractivity contribution is -0.479. The van der Waals surface area contributed by atoms with Gasteiger partial charge in [-0.15, -0.1) is 10.2 Å². The first-order chi connectivity index (χ1) is 17.0. The van der Waals surface area contributed by atoms with Gasteiger partial charge in [0, 0.05) is 16.2 Å². The third-order valence-corrected chi connectivity index (χ3v) is 6.43. The van der Waals surface area contributed by atoms with E-state index in [2.05, 4.69) is 10.2 Å². The highest BCUT2D eigenvalue weighted by Crippen LogP contribution is 2.40.